The molecule has 1 saturated heterocycles. The number of hydrogen-bond acceptors (Lipinski definition) is 7. The Hall–Kier alpha value is -4.38. The van der Waals surface area contributed by atoms with E-state index in [-0.39, 0.29) is 23.9 Å². The number of carbonyl (C=O) groups excluding carboxylic acids is 1. The molecule has 5 rings (SSSR count). The quantitative estimate of drug-likeness (QED) is 0.326. The van der Waals surface area contributed by atoms with Crippen LogP contribution in [0.3, 0.4) is 0 Å². The third kappa shape index (κ3) is 4.98. The number of anilines is 1. The highest BCUT2D eigenvalue weighted by atomic mass is 19.1. The fraction of sp³-hybridized carbons (Fsp3) is 0.269. The maximum atomic E-state index is 13.8. The normalized spacial score (nSPS) is 15.7. The summed E-state index contributed by atoms with van der Waals surface area (Å²) < 4.78 is 15.6. The molecule has 2 aromatic carbocycles. The highest BCUT2D eigenvalue weighted by Gasteiger charge is 2.28. The predicted octanol–water partition coefficient (Wildman–Crippen LogP) is 3.50. The molecule has 11 heteroatoms. The van der Waals surface area contributed by atoms with Crippen molar-refractivity contribution in [1.82, 2.24) is 30.0 Å². The first-order chi connectivity index (χ1) is 17.9. The molecule has 0 unspecified atom stereocenters. The van der Waals surface area contributed by atoms with Gasteiger partial charge in [0.25, 0.3) is 0 Å². The fourth-order valence-corrected chi connectivity index (χ4v) is 4.66. The number of carboxylic acid groups (broad SMARTS) is 1. The molecule has 1 aliphatic heterocycles. The zero-order valence-electron chi connectivity index (χ0n) is 20.0. The number of halogens is 1. The SMILES string of the molecule is Nc1ncnc2c1c(-c1ccc(CNCC(=O)c3ccccc3F)cc1)nn2[C@@H]1CCCN(C(=O)O)C1. The number of benzene rings is 2. The summed E-state index contributed by atoms with van der Waals surface area (Å²) in [7, 11) is 0. The van der Waals surface area contributed by atoms with Crippen LogP contribution in [0.5, 0.6) is 0 Å². The lowest BCUT2D eigenvalue weighted by molar-refractivity contribution is 0.0986. The van der Waals surface area contributed by atoms with Crippen LogP contribution in [0.25, 0.3) is 22.3 Å². The number of fused-ring (bicyclic) bond motifs is 1. The van der Waals surface area contributed by atoms with Crippen molar-refractivity contribution in [3.63, 3.8) is 0 Å². The van der Waals surface area contributed by atoms with E-state index in [1.807, 2.05) is 24.3 Å². The van der Waals surface area contributed by atoms with Crippen LogP contribution >= 0.6 is 0 Å². The molecule has 190 valence electrons. The van der Waals surface area contributed by atoms with E-state index in [1.54, 1.807) is 16.8 Å². The molecular weight excluding hydrogens is 477 g/mol. The summed E-state index contributed by atoms with van der Waals surface area (Å²) >= 11 is 0. The number of rotatable bonds is 7. The van der Waals surface area contributed by atoms with E-state index in [1.165, 1.54) is 23.4 Å². The number of carbonyl (C=O) groups is 2. The van der Waals surface area contributed by atoms with Gasteiger partial charge >= 0.3 is 6.09 Å². The van der Waals surface area contributed by atoms with Crippen LogP contribution in [0.4, 0.5) is 15.0 Å². The Morgan fingerprint density at radius 3 is 2.68 bits per heavy atom. The molecule has 1 fully saturated rings. The van der Waals surface area contributed by atoms with Crippen molar-refractivity contribution in [3.05, 3.63) is 71.8 Å². The molecule has 4 aromatic rings. The second kappa shape index (κ2) is 10.3. The van der Waals surface area contributed by atoms with Crippen LogP contribution in [-0.2, 0) is 6.54 Å². The monoisotopic (exact) mass is 503 g/mol. The summed E-state index contributed by atoms with van der Waals surface area (Å²) in [5.74, 6) is -0.543. The lowest BCUT2D eigenvalue weighted by Gasteiger charge is -2.30. The van der Waals surface area contributed by atoms with Crippen molar-refractivity contribution in [1.29, 1.82) is 0 Å². The Morgan fingerprint density at radius 2 is 1.92 bits per heavy atom. The van der Waals surface area contributed by atoms with Gasteiger partial charge in [-0.2, -0.15) is 5.10 Å². The van der Waals surface area contributed by atoms with Crippen molar-refractivity contribution >= 4 is 28.7 Å². The second-order valence-corrected chi connectivity index (χ2v) is 8.98. The summed E-state index contributed by atoms with van der Waals surface area (Å²) in [6.45, 7) is 1.26. The first-order valence-electron chi connectivity index (χ1n) is 12.0. The molecule has 2 aromatic heterocycles. The van der Waals surface area contributed by atoms with E-state index in [2.05, 4.69) is 15.3 Å². The third-order valence-corrected chi connectivity index (χ3v) is 6.55. The van der Waals surface area contributed by atoms with E-state index >= 15 is 0 Å². The summed E-state index contributed by atoms with van der Waals surface area (Å²) in [4.78, 5) is 33.7. The van der Waals surface area contributed by atoms with Gasteiger partial charge in [-0.25, -0.2) is 23.8 Å². The van der Waals surface area contributed by atoms with Gasteiger partial charge in [0.1, 0.15) is 23.7 Å². The van der Waals surface area contributed by atoms with Crippen LogP contribution < -0.4 is 11.1 Å². The van der Waals surface area contributed by atoms with Gasteiger partial charge < -0.3 is 21.1 Å². The highest BCUT2D eigenvalue weighted by Crippen LogP contribution is 2.33. The summed E-state index contributed by atoms with van der Waals surface area (Å²) in [5, 5.41) is 17.9. The average Bonchev–Trinajstić information content (AvgIpc) is 3.30. The molecule has 37 heavy (non-hydrogen) atoms. The smallest absolute Gasteiger partial charge is 0.407 e. The van der Waals surface area contributed by atoms with Crippen molar-refractivity contribution in [2.75, 3.05) is 25.4 Å². The minimum atomic E-state index is -0.949. The molecule has 0 saturated carbocycles. The lowest BCUT2D eigenvalue weighted by Crippen LogP contribution is -2.40. The zero-order valence-corrected chi connectivity index (χ0v) is 20.0. The summed E-state index contributed by atoms with van der Waals surface area (Å²) in [5.41, 5.74) is 9.21. The number of aromatic nitrogens is 4. The van der Waals surface area contributed by atoms with Crippen molar-refractivity contribution < 1.29 is 19.1 Å². The average molecular weight is 504 g/mol. The second-order valence-electron chi connectivity index (χ2n) is 8.98. The van der Waals surface area contributed by atoms with Crippen LogP contribution in [0.15, 0.2) is 54.9 Å². The molecule has 0 radical (unpaired) electrons. The van der Waals surface area contributed by atoms with Gasteiger partial charge in [0.2, 0.25) is 0 Å². The Kier molecular flexibility index (Phi) is 6.78. The van der Waals surface area contributed by atoms with Gasteiger partial charge in [0.05, 0.1) is 23.5 Å². The third-order valence-electron chi connectivity index (χ3n) is 6.55. The Balaban J connectivity index is 1.34. The fourth-order valence-electron chi connectivity index (χ4n) is 4.66. The lowest BCUT2D eigenvalue weighted by atomic mass is 10.1. The maximum Gasteiger partial charge on any atom is 0.407 e. The molecular formula is C26H26FN7O3. The molecule has 1 aliphatic rings. The first-order valence-corrected chi connectivity index (χ1v) is 12.0. The molecule has 4 N–H and O–H groups in total. The van der Waals surface area contributed by atoms with Crippen molar-refractivity contribution in [2.24, 2.45) is 0 Å². The standard InChI is InChI=1S/C26H26FN7O3/c27-20-6-2-1-5-19(20)21(35)13-29-12-16-7-9-17(10-8-16)23-22-24(28)30-15-31-25(22)34(32-23)18-4-3-11-33(14-18)26(36)37/h1-2,5-10,15,18,29H,3-4,11-14H2,(H,36,37)(H2,28,30,31)/t18-/m1/s1. The minimum absolute atomic E-state index is 0.0142. The Bertz CT molecular complexity index is 1450. The number of Topliss-reactive ketones (excluding diaryl/α,β-unsaturated/α-hetero) is 1. The first kappa shape index (κ1) is 24.3. The van der Waals surface area contributed by atoms with Crippen molar-refractivity contribution in [2.45, 2.75) is 25.4 Å². The van der Waals surface area contributed by atoms with Gasteiger partial charge in [-0.05, 0) is 30.5 Å². The van der Waals surface area contributed by atoms with Crippen molar-refractivity contribution in [3.8, 4) is 11.3 Å². The molecule has 3 heterocycles. The number of amides is 1. The number of nitrogen functional groups attached to an aromatic ring is 1. The van der Waals surface area contributed by atoms with Gasteiger partial charge in [0.15, 0.2) is 11.4 Å². The zero-order chi connectivity index (χ0) is 25.9. The van der Waals surface area contributed by atoms with E-state index in [4.69, 9.17) is 10.8 Å². The number of likely N-dealkylation sites (tertiary alicyclic amines) is 1. The maximum absolute atomic E-state index is 13.8. The highest BCUT2D eigenvalue weighted by molar-refractivity contribution is 5.98. The molecule has 1 amide bonds. The molecule has 1 atom stereocenters. The number of hydrogen-bond donors (Lipinski definition) is 3. The largest absolute Gasteiger partial charge is 0.465 e. The van der Waals surface area contributed by atoms with Crippen LogP contribution in [0.2, 0.25) is 0 Å². The molecule has 0 bridgehead atoms. The van der Waals surface area contributed by atoms with Crippen LogP contribution in [0.1, 0.15) is 34.8 Å². The van der Waals surface area contributed by atoms with E-state index in [0.717, 1.165) is 24.0 Å². The van der Waals surface area contributed by atoms with E-state index in [9.17, 15) is 19.1 Å². The Morgan fingerprint density at radius 1 is 1.14 bits per heavy atom. The molecule has 0 spiro atoms. The minimum Gasteiger partial charge on any atom is -0.465 e. The molecule has 0 aliphatic carbocycles. The molecule has 10 nitrogen and oxygen atoms in total. The predicted molar refractivity (Wildman–Crippen MR) is 135 cm³/mol. The number of nitrogens with one attached hydrogen (secondary N) is 1. The number of piperidine rings is 1. The topological polar surface area (TPSA) is 139 Å². The summed E-state index contributed by atoms with van der Waals surface area (Å²) in [6, 6.07) is 13.4. The van der Waals surface area contributed by atoms with Gasteiger partial charge in [0, 0.05) is 25.2 Å². The number of nitrogens with two attached hydrogens (primary N) is 1. The number of ketones is 1. The van der Waals surface area contributed by atoms with Gasteiger partial charge in [-0.1, -0.05) is 36.4 Å². The van der Waals surface area contributed by atoms with E-state index < -0.39 is 11.9 Å². The van der Waals surface area contributed by atoms with E-state index in [0.29, 0.717) is 42.2 Å². The summed E-state index contributed by atoms with van der Waals surface area (Å²) in [6.07, 6.45) is 1.94. The van der Waals surface area contributed by atoms with Gasteiger partial charge in [-0.15, -0.1) is 0 Å². The number of nitrogens with zero attached hydrogens (tertiary/aromatic N) is 5. The van der Waals surface area contributed by atoms with Crippen LogP contribution in [0, 0.1) is 5.82 Å². The Labute approximate surface area is 211 Å². The van der Waals surface area contributed by atoms with Crippen LogP contribution in [-0.4, -0.2) is 61.3 Å². The van der Waals surface area contributed by atoms with Gasteiger partial charge in [-0.3, -0.25) is 4.79 Å².